The van der Waals surface area contributed by atoms with Crippen LogP contribution in [0.4, 0.5) is 0 Å². The molecule has 2 aromatic carbocycles. The molecule has 4 nitrogen and oxygen atoms in total. The molecule has 0 radical (unpaired) electrons. The van der Waals surface area contributed by atoms with E-state index in [0.29, 0.717) is 17.1 Å². The number of nitrogens with zero attached hydrogens (tertiary/aromatic N) is 2. The Balaban J connectivity index is 2.41. The number of sulfonamides is 1. The van der Waals surface area contributed by atoms with Crippen LogP contribution in [0, 0.1) is 11.3 Å². The van der Waals surface area contributed by atoms with Gasteiger partial charge in [-0.2, -0.15) is 9.57 Å². The maximum Gasteiger partial charge on any atom is 0.243 e. The van der Waals surface area contributed by atoms with E-state index >= 15 is 0 Å². The Hall–Kier alpha value is -1.58. The molecule has 0 amide bonds. The summed E-state index contributed by atoms with van der Waals surface area (Å²) < 4.78 is 27.3. The van der Waals surface area contributed by atoms with Crippen molar-refractivity contribution >= 4 is 33.2 Å². The van der Waals surface area contributed by atoms with Crippen molar-refractivity contribution in [2.75, 3.05) is 6.54 Å². The van der Waals surface area contributed by atoms with E-state index < -0.39 is 10.0 Å². The van der Waals surface area contributed by atoms with Crippen molar-refractivity contribution in [3.05, 3.63) is 63.6 Å². The maximum atomic E-state index is 12.9. The standard InChI is InChI=1S/C17H16Cl2N2O2S/c1-3-21(12(2)14-6-4-13(11-20)5-7-14)24(22,23)15-8-9-16(18)17(19)10-15/h4-10,12H,3H2,1-2H3/t12-/m1/s1. The monoisotopic (exact) mass is 382 g/mol. The Morgan fingerprint density at radius 1 is 1.12 bits per heavy atom. The summed E-state index contributed by atoms with van der Waals surface area (Å²) in [5, 5.41) is 9.37. The summed E-state index contributed by atoms with van der Waals surface area (Å²) >= 11 is 11.8. The first-order valence-electron chi connectivity index (χ1n) is 7.28. The van der Waals surface area contributed by atoms with Gasteiger partial charge in [0.1, 0.15) is 0 Å². The highest BCUT2D eigenvalue weighted by molar-refractivity contribution is 7.89. The van der Waals surface area contributed by atoms with Crippen molar-refractivity contribution in [1.29, 1.82) is 5.26 Å². The molecule has 2 rings (SSSR count). The first-order chi connectivity index (χ1) is 11.3. The highest BCUT2D eigenvalue weighted by Gasteiger charge is 2.29. The lowest BCUT2D eigenvalue weighted by atomic mass is 10.1. The van der Waals surface area contributed by atoms with Gasteiger partial charge in [-0.25, -0.2) is 8.42 Å². The molecule has 2 aromatic rings. The summed E-state index contributed by atoms with van der Waals surface area (Å²) in [5.41, 5.74) is 1.33. The first-order valence-corrected chi connectivity index (χ1v) is 9.47. The molecule has 0 aliphatic rings. The van der Waals surface area contributed by atoms with Crippen molar-refractivity contribution in [2.24, 2.45) is 0 Å². The SMILES string of the molecule is CCN([C@H](C)c1ccc(C#N)cc1)S(=O)(=O)c1ccc(Cl)c(Cl)c1. The predicted octanol–water partition coefficient (Wildman–Crippen LogP) is 4.64. The van der Waals surface area contributed by atoms with Gasteiger partial charge in [0.05, 0.1) is 26.6 Å². The largest absolute Gasteiger partial charge is 0.243 e. The lowest BCUT2D eigenvalue weighted by molar-refractivity contribution is 0.357. The molecule has 0 bridgehead atoms. The van der Waals surface area contributed by atoms with Crippen molar-refractivity contribution in [3.8, 4) is 6.07 Å². The molecule has 126 valence electrons. The average molecular weight is 383 g/mol. The summed E-state index contributed by atoms with van der Waals surface area (Å²) in [5.74, 6) is 0. The van der Waals surface area contributed by atoms with Crippen molar-refractivity contribution in [3.63, 3.8) is 0 Å². The minimum absolute atomic E-state index is 0.0965. The summed E-state index contributed by atoms with van der Waals surface area (Å²) in [7, 11) is -3.73. The Morgan fingerprint density at radius 2 is 1.75 bits per heavy atom. The van der Waals surface area contributed by atoms with Crippen LogP contribution in [0.3, 0.4) is 0 Å². The maximum absolute atomic E-state index is 12.9. The summed E-state index contributed by atoms with van der Waals surface area (Å²) in [6.45, 7) is 3.87. The van der Waals surface area contributed by atoms with Crippen molar-refractivity contribution in [1.82, 2.24) is 4.31 Å². The summed E-state index contributed by atoms with van der Waals surface area (Å²) in [6, 6.07) is 12.8. The summed E-state index contributed by atoms with van der Waals surface area (Å²) in [6.07, 6.45) is 0. The van der Waals surface area contributed by atoms with E-state index in [1.807, 2.05) is 6.07 Å². The van der Waals surface area contributed by atoms with Crippen molar-refractivity contribution < 1.29 is 8.42 Å². The molecule has 7 heteroatoms. The van der Waals surface area contributed by atoms with Crippen LogP contribution in [0.1, 0.15) is 31.0 Å². The minimum atomic E-state index is -3.73. The molecule has 0 aromatic heterocycles. The zero-order chi connectivity index (χ0) is 17.9. The number of halogens is 2. The van der Waals surface area contributed by atoms with E-state index in [1.165, 1.54) is 22.5 Å². The number of benzene rings is 2. The van der Waals surface area contributed by atoms with Gasteiger partial charge >= 0.3 is 0 Å². The molecule has 0 heterocycles. The van der Waals surface area contributed by atoms with E-state index in [2.05, 4.69) is 0 Å². The van der Waals surface area contributed by atoms with Gasteiger partial charge in [-0.3, -0.25) is 0 Å². The Kier molecular flexibility index (Phi) is 5.89. The van der Waals surface area contributed by atoms with Gasteiger partial charge in [-0.1, -0.05) is 42.3 Å². The van der Waals surface area contributed by atoms with E-state index in [1.54, 1.807) is 38.1 Å². The van der Waals surface area contributed by atoms with Gasteiger partial charge < -0.3 is 0 Å². The first kappa shape index (κ1) is 18.8. The Labute approximate surface area is 152 Å². The molecule has 0 spiro atoms. The third-order valence-corrected chi connectivity index (χ3v) is 6.54. The zero-order valence-corrected chi connectivity index (χ0v) is 15.5. The van der Waals surface area contributed by atoms with Crippen LogP contribution in [0.5, 0.6) is 0 Å². The van der Waals surface area contributed by atoms with Gasteiger partial charge in [0.15, 0.2) is 0 Å². The molecule has 0 fully saturated rings. The molecule has 0 aliphatic heterocycles. The molecule has 0 saturated heterocycles. The second-order valence-corrected chi connectivity index (χ2v) is 7.90. The molecule has 0 saturated carbocycles. The van der Waals surface area contributed by atoms with Crippen LogP contribution in [0.2, 0.25) is 10.0 Å². The van der Waals surface area contributed by atoms with Crippen LogP contribution < -0.4 is 0 Å². The fraction of sp³-hybridized carbons (Fsp3) is 0.235. The zero-order valence-electron chi connectivity index (χ0n) is 13.2. The van der Waals surface area contributed by atoms with Gasteiger partial charge in [0, 0.05) is 12.6 Å². The quantitative estimate of drug-likeness (QED) is 0.756. The lowest BCUT2D eigenvalue weighted by Crippen LogP contribution is -2.33. The van der Waals surface area contributed by atoms with Crippen molar-refractivity contribution in [2.45, 2.75) is 24.8 Å². The topological polar surface area (TPSA) is 61.2 Å². The third kappa shape index (κ3) is 3.73. The van der Waals surface area contributed by atoms with Crippen LogP contribution in [0.25, 0.3) is 0 Å². The second-order valence-electron chi connectivity index (χ2n) is 5.19. The minimum Gasteiger partial charge on any atom is -0.207 e. The number of rotatable bonds is 5. The molecule has 0 unspecified atom stereocenters. The van der Waals surface area contributed by atoms with E-state index in [0.717, 1.165) is 5.56 Å². The Bertz CT molecular complexity index is 874. The highest BCUT2D eigenvalue weighted by atomic mass is 35.5. The molecule has 24 heavy (non-hydrogen) atoms. The van der Waals surface area contributed by atoms with Crippen LogP contribution in [0.15, 0.2) is 47.4 Å². The molecule has 1 atom stereocenters. The van der Waals surface area contributed by atoms with E-state index in [9.17, 15) is 8.42 Å². The Morgan fingerprint density at radius 3 is 2.25 bits per heavy atom. The average Bonchev–Trinajstić information content (AvgIpc) is 2.57. The molecular weight excluding hydrogens is 367 g/mol. The lowest BCUT2D eigenvalue weighted by Gasteiger charge is -2.27. The van der Waals surface area contributed by atoms with Gasteiger partial charge in [0.2, 0.25) is 10.0 Å². The summed E-state index contributed by atoms with van der Waals surface area (Å²) in [4.78, 5) is 0.0965. The third-order valence-electron chi connectivity index (χ3n) is 3.76. The molecule has 0 N–H and O–H groups in total. The molecular formula is C17H16Cl2N2O2S. The van der Waals surface area contributed by atoms with Gasteiger partial charge in [-0.15, -0.1) is 0 Å². The van der Waals surface area contributed by atoms with Crippen LogP contribution in [-0.4, -0.2) is 19.3 Å². The van der Waals surface area contributed by atoms with Crippen LogP contribution >= 0.6 is 23.2 Å². The predicted molar refractivity (Wildman–Crippen MR) is 95.6 cm³/mol. The second kappa shape index (κ2) is 7.54. The van der Waals surface area contributed by atoms with Gasteiger partial charge in [-0.05, 0) is 42.8 Å². The molecule has 0 aliphatic carbocycles. The number of nitriles is 1. The van der Waals surface area contributed by atoms with E-state index in [-0.39, 0.29) is 16.0 Å². The van der Waals surface area contributed by atoms with E-state index in [4.69, 9.17) is 28.5 Å². The van der Waals surface area contributed by atoms with Gasteiger partial charge in [0.25, 0.3) is 0 Å². The number of hydrogen-bond acceptors (Lipinski definition) is 3. The fourth-order valence-corrected chi connectivity index (χ4v) is 4.45. The van der Waals surface area contributed by atoms with Crippen LogP contribution in [-0.2, 0) is 10.0 Å². The fourth-order valence-electron chi connectivity index (χ4n) is 2.43. The smallest absolute Gasteiger partial charge is 0.207 e. The highest BCUT2D eigenvalue weighted by Crippen LogP contribution is 2.30. The normalized spacial score (nSPS) is 12.8. The number of hydrogen-bond donors (Lipinski definition) is 0.